The zero-order chi connectivity index (χ0) is 13.5. The molecule has 0 heterocycles. The first-order chi connectivity index (χ1) is 8.52. The van der Waals surface area contributed by atoms with Crippen molar-refractivity contribution in [1.29, 1.82) is 0 Å². The Hall–Kier alpha value is -1.55. The molecule has 4 heteroatoms. The molecule has 1 atom stereocenters. The lowest BCUT2D eigenvalue weighted by Gasteiger charge is -2.16. The highest BCUT2D eigenvalue weighted by Gasteiger charge is 2.08. The van der Waals surface area contributed by atoms with Gasteiger partial charge in [-0.2, -0.15) is 0 Å². The summed E-state index contributed by atoms with van der Waals surface area (Å²) in [7, 11) is 0. The average Bonchev–Trinajstić information content (AvgIpc) is 2.36. The van der Waals surface area contributed by atoms with Crippen molar-refractivity contribution in [2.45, 2.75) is 27.3 Å². The first-order valence-electron chi connectivity index (χ1n) is 6.36. The number of hydrogen-bond acceptors (Lipinski definition) is 2. The van der Waals surface area contributed by atoms with E-state index in [4.69, 9.17) is 5.73 Å². The maximum absolute atomic E-state index is 11.7. The van der Waals surface area contributed by atoms with Gasteiger partial charge in [-0.15, -0.1) is 0 Å². The Morgan fingerprint density at radius 3 is 2.67 bits per heavy atom. The molecule has 0 aromatic heterocycles. The van der Waals surface area contributed by atoms with Crippen LogP contribution in [-0.4, -0.2) is 12.6 Å². The molecule has 1 aromatic rings. The monoisotopic (exact) mass is 249 g/mol. The van der Waals surface area contributed by atoms with Crippen LogP contribution in [-0.2, 0) is 6.54 Å². The molecule has 4 nitrogen and oxygen atoms in total. The topological polar surface area (TPSA) is 67.2 Å². The van der Waals surface area contributed by atoms with Gasteiger partial charge in [-0.3, -0.25) is 0 Å². The molecule has 4 N–H and O–H groups in total. The molecule has 1 unspecified atom stereocenters. The van der Waals surface area contributed by atoms with Crippen LogP contribution in [0.3, 0.4) is 0 Å². The first-order valence-corrected chi connectivity index (χ1v) is 6.36. The minimum Gasteiger partial charge on any atom is -0.338 e. The highest BCUT2D eigenvalue weighted by atomic mass is 16.2. The van der Waals surface area contributed by atoms with Crippen LogP contribution in [0, 0.1) is 11.8 Å². The van der Waals surface area contributed by atoms with E-state index in [0.717, 1.165) is 11.3 Å². The van der Waals surface area contributed by atoms with Crippen molar-refractivity contribution >= 4 is 11.7 Å². The van der Waals surface area contributed by atoms with Gasteiger partial charge < -0.3 is 16.4 Å². The molecule has 1 aromatic carbocycles. The molecule has 100 valence electrons. The number of rotatable bonds is 5. The Kier molecular flexibility index (Phi) is 5.65. The molecule has 0 saturated heterocycles. The number of carbonyl (C=O) groups excluding carboxylic acids is 1. The van der Waals surface area contributed by atoms with Gasteiger partial charge in [0.2, 0.25) is 0 Å². The fourth-order valence-electron chi connectivity index (χ4n) is 1.44. The van der Waals surface area contributed by atoms with Crippen LogP contribution in [0.1, 0.15) is 26.3 Å². The predicted octanol–water partition coefficient (Wildman–Crippen LogP) is 2.56. The molecule has 0 aliphatic carbocycles. The summed E-state index contributed by atoms with van der Waals surface area (Å²) in [5.74, 6) is 1.02. The Morgan fingerprint density at radius 2 is 2.06 bits per heavy atom. The SMILES string of the molecule is CC(C)C(C)CNC(=O)Nc1cccc(CN)c1. The minimum atomic E-state index is -0.170. The van der Waals surface area contributed by atoms with E-state index >= 15 is 0 Å². The molecule has 18 heavy (non-hydrogen) atoms. The number of nitrogens with one attached hydrogen (secondary N) is 2. The van der Waals surface area contributed by atoms with Crippen LogP contribution >= 0.6 is 0 Å². The van der Waals surface area contributed by atoms with Gasteiger partial charge in [-0.1, -0.05) is 32.9 Å². The second kappa shape index (κ2) is 7.01. The molecular formula is C14H23N3O. The van der Waals surface area contributed by atoms with Gasteiger partial charge in [0, 0.05) is 18.8 Å². The zero-order valence-corrected chi connectivity index (χ0v) is 11.4. The number of hydrogen-bond donors (Lipinski definition) is 3. The van der Waals surface area contributed by atoms with Gasteiger partial charge in [0.1, 0.15) is 0 Å². The molecule has 0 aliphatic heterocycles. The molecule has 2 amide bonds. The van der Waals surface area contributed by atoms with Crippen LogP contribution in [0.25, 0.3) is 0 Å². The first kappa shape index (κ1) is 14.5. The summed E-state index contributed by atoms with van der Waals surface area (Å²) in [5, 5.41) is 5.67. The molecule has 0 bridgehead atoms. The molecule has 0 spiro atoms. The third-order valence-electron chi connectivity index (χ3n) is 3.14. The second-order valence-electron chi connectivity index (χ2n) is 4.96. The molecule has 0 aliphatic rings. The standard InChI is InChI=1S/C14H23N3O/c1-10(2)11(3)9-16-14(18)17-13-6-4-5-12(7-13)8-15/h4-7,10-11H,8-9,15H2,1-3H3,(H2,16,17,18). The molecule has 1 rings (SSSR count). The van der Waals surface area contributed by atoms with E-state index in [2.05, 4.69) is 31.4 Å². The summed E-state index contributed by atoms with van der Waals surface area (Å²) in [4.78, 5) is 11.7. The molecule has 0 saturated carbocycles. The smallest absolute Gasteiger partial charge is 0.319 e. The number of urea groups is 1. The van der Waals surface area contributed by atoms with Crippen molar-refractivity contribution in [3.63, 3.8) is 0 Å². The van der Waals surface area contributed by atoms with Crippen molar-refractivity contribution in [2.24, 2.45) is 17.6 Å². The van der Waals surface area contributed by atoms with E-state index in [1.165, 1.54) is 0 Å². The van der Waals surface area contributed by atoms with Crippen molar-refractivity contribution < 1.29 is 4.79 Å². The van der Waals surface area contributed by atoms with Gasteiger partial charge in [-0.25, -0.2) is 4.79 Å². The normalized spacial score (nSPS) is 12.3. The summed E-state index contributed by atoms with van der Waals surface area (Å²) in [6.07, 6.45) is 0. The maximum Gasteiger partial charge on any atom is 0.319 e. The number of benzene rings is 1. The van der Waals surface area contributed by atoms with Crippen LogP contribution < -0.4 is 16.4 Å². The van der Waals surface area contributed by atoms with Crippen molar-refractivity contribution in [3.8, 4) is 0 Å². The number of carbonyl (C=O) groups is 1. The van der Waals surface area contributed by atoms with Gasteiger partial charge in [0.15, 0.2) is 0 Å². The van der Waals surface area contributed by atoms with E-state index in [1.54, 1.807) is 0 Å². The lowest BCUT2D eigenvalue weighted by atomic mass is 9.98. The van der Waals surface area contributed by atoms with Crippen LogP contribution in [0.15, 0.2) is 24.3 Å². The van der Waals surface area contributed by atoms with Gasteiger partial charge >= 0.3 is 6.03 Å². The number of nitrogens with two attached hydrogens (primary N) is 1. The van der Waals surface area contributed by atoms with Gasteiger partial charge in [0.05, 0.1) is 0 Å². The van der Waals surface area contributed by atoms with Crippen molar-refractivity contribution in [2.75, 3.05) is 11.9 Å². The van der Waals surface area contributed by atoms with E-state index in [9.17, 15) is 4.79 Å². The summed E-state index contributed by atoms with van der Waals surface area (Å²) >= 11 is 0. The summed E-state index contributed by atoms with van der Waals surface area (Å²) in [6.45, 7) is 7.57. The van der Waals surface area contributed by atoms with Crippen LogP contribution in [0.4, 0.5) is 10.5 Å². The van der Waals surface area contributed by atoms with Crippen LogP contribution in [0.5, 0.6) is 0 Å². The molecule has 0 radical (unpaired) electrons. The van der Waals surface area contributed by atoms with Crippen LogP contribution in [0.2, 0.25) is 0 Å². The lowest BCUT2D eigenvalue weighted by Crippen LogP contribution is -2.33. The largest absolute Gasteiger partial charge is 0.338 e. The summed E-state index contributed by atoms with van der Waals surface area (Å²) < 4.78 is 0. The summed E-state index contributed by atoms with van der Waals surface area (Å²) in [6, 6.07) is 7.38. The lowest BCUT2D eigenvalue weighted by molar-refractivity contribution is 0.249. The fraction of sp³-hybridized carbons (Fsp3) is 0.500. The van der Waals surface area contributed by atoms with E-state index < -0.39 is 0 Å². The third kappa shape index (κ3) is 4.75. The van der Waals surface area contributed by atoms with Gasteiger partial charge in [-0.05, 0) is 29.5 Å². The van der Waals surface area contributed by atoms with Crippen molar-refractivity contribution in [1.82, 2.24) is 5.32 Å². The Morgan fingerprint density at radius 1 is 1.33 bits per heavy atom. The third-order valence-corrected chi connectivity index (χ3v) is 3.14. The minimum absolute atomic E-state index is 0.170. The number of amides is 2. The predicted molar refractivity (Wildman–Crippen MR) is 75.4 cm³/mol. The zero-order valence-electron chi connectivity index (χ0n) is 11.4. The Bertz CT molecular complexity index is 390. The van der Waals surface area contributed by atoms with E-state index in [0.29, 0.717) is 24.9 Å². The fourth-order valence-corrected chi connectivity index (χ4v) is 1.44. The molecular weight excluding hydrogens is 226 g/mol. The second-order valence-corrected chi connectivity index (χ2v) is 4.96. The Balaban J connectivity index is 2.44. The Labute approximate surface area is 109 Å². The number of anilines is 1. The average molecular weight is 249 g/mol. The highest BCUT2D eigenvalue weighted by Crippen LogP contribution is 2.10. The van der Waals surface area contributed by atoms with Gasteiger partial charge in [0.25, 0.3) is 0 Å². The van der Waals surface area contributed by atoms with E-state index in [1.807, 2.05) is 24.3 Å². The summed E-state index contributed by atoms with van der Waals surface area (Å²) in [5.41, 5.74) is 7.33. The maximum atomic E-state index is 11.7. The highest BCUT2D eigenvalue weighted by molar-refractivity contribution is 5.89. The van der Waals surface area contributed by atoms with Crippen molar-refractivity contribution in [3.05, 3.63) is 29.8 Å². The van der Waals surface area contributed by atoms with E-state index in [-0.39, 0.29) is 6.03 Å². The molecule has 0 fully saturated rings. The quantitative estimate of drug-likeness (QED) is 0.750.